The second-order valence-corrected chi connectivity index (χ2v) is 11.6. The molecule has 0 spiro atoms. The van der Waals surface area contributed by atoms with Crippen LogP contribution in [0, 0.1) is 12.7 Å². The molecule has 0 aliphatic carbocycles. The number of hydrogen-bond acceptors (Lipinski definition) is 6. The van der Waals surface area contributed by atoms with Crippen molar-refractivity contribution in [1.29, 1.82) is 0 Å². The number of urea groups is 1. The molecule has 2 aromatic carbocycles. The predicted octanol–water partition coefficient (Wildman–Crippen LogP) is 6.15. The summed E-state index contributed by atoms with van der Waals surface area (Å²) in [6.45, 7) is 3.63. The lowest BCUT2D eigenvalue weighted by Crippen LogP contribution is -2.47. The summed E-state index contributed by atoms with van der Waals surface area (Å²) in [4.78, 5) is 32.6. The number of thiophene rings is 1. The highest BCUT2D eigenvalue weighted by Gasteiger charge is 2.27. The van der Waals surface area contributed by atoms with E-state index in [-0.39, 0.29) is 30.1 Å². The lowest BCUT2D eigenvalue weighted by atomic mass is 10.1. The molecule has 1 atom stereocenters. The van der Waals surface area contributed by atoms with E-state index < -0.39 is 11.8 Å². The molecule has 1 aromatic heterocycles. The number of anilines is 1. The number of ether oxygens (including phenoxy) is 3. The summed E-state index contributed by atoms with van der Waals surface area (Å²) in [5.41, 5.74) is 1.33. The Morgan fingerprint density at radius 2 is 1.90 bits per heavy atom. The first-order chi connectivity index (χ1) is 19.7. The Morgan fingerprint density at radius 3 is 2.56 bits per heavy atom. The Kier molecular flexibility index (Phi) is 10.8. The Hall–Kier alpha value is -3.34. The molecule has 220 valence electrons. The first kappa shape index (κ1) is 30.6. The maximum atomic E-state index is 13.8. The van der Waals surface area contributed by atoms with Crippen LogP contribution in [0.15, 0.2) is 48.5 Å². The molecule has 1 aliphatic heterocycles. The fourth-order valence-corrected chi connectivity index (χ4v) is 5.73. The number of nitrogens with zero attached hydrogens (tertiary/aromatic N) is 2. The molecule has 8 nitrogen and oxygen atoms in total. The molecule has 11 heteroatoms. The van der Waals surface area contributed by atoms with E-state index in [9.17, 15) is 14.0 Å². The molecule has 1 aliphatic rings. The summed E-state index contributed by atoms with van der Waals surface area (Å²) in [5.74, 6) is 0.486. The number of amides is 3. The van der Waals surface area contributed by atoms with Crippen molar-refractivity contribution in [2.45, 2.75) is 38.8 Å². The molecular formula is C30H35ClFN3O5S. The maximum Gasteiger partial charge on any atom is 0.322 e. The van der Waals surface area contributed by atoms with Gasteiger partial charge in [-0.05, 0) is 74.2 Å². The average molecular weight is 604 g/mol. The largest absolute Gasteiger partial charge is 0.493 e. The maximum absolute atomic E-state index is 13.8. The van der Waals surface area contributed by atoms with Crippen molar-refractivity contribution in [3.8, 4) is 11.5 Å². The van der Waals surface area contributed by atoms with Crippen LogP contribution in [-0.4, -0.2) is 68.3 Å². The van der Waals surface area contributed by atoms with Crippen molar-refractivity contribution < 1.29 is 28.2 Å². The standard InChI is InChI=1S/C30H35ClFN3O5S/c1-20-6-9-24(41-20)18-34(13-12-21-7-11-27(38-2)28(15-21)39-3)29(36)19-35(17-23-5-4-14-40-23)30(37)33-22-8-10-26(32)25(31)16-22/h6-11,15-16,23H,4-5,12-14,17-19H2,1-3H3,(H,33,37). The second-order valence-electron chi connectivity index (χ2n) is 9.84. The van der Waals surface area contributed by atoms with Crippen molar-refractivity contribution in [3.63, 3.8) is 0 Å². The van der Waals surface area contributed by atoms with Crippen LogP contribution in [0.3, 0.4) is 0 Å². The van der Waals surface area contributed by atoms with Crippen LogP contribution in [0.4, 0.5) is 14.9 Å². The van der Waals surface area contributed by atoms with Gasteiger partial charge in [0, 0.05) is 35.1 Å². The topological polar surface area (TPSA) is 80.3 Å². The van der Waals surface area contributed by atoms with E-state index in [1.54, 1.807) is 30.5 Å². The van der Waals surface area contributed by atoms with Gasteiger partial charge in [-0.3, -0.25) is 4.79 Å². The van der Waals surface area contributed by atoms with Crippen molar-refractivity contribution in [3.05, 3.63) is 74.7 Å². The number of methoxy groups -OCH3 is 2. The number of aryl methyl sites for hydroxylation is 1. The third kappa shape index (κ3) is 8.58. The van der Waals surface area contributed by atoms with E-state index in [1.165, 1.54) is 23.1 Å². The van der Waals surface area contributed by atoms with Gasteiger partial charge < -0.3 is 29.3 Å². The van der Waals surface area contributed by atoms with E-state index in [0.717, 1.165) is 28.2 Å². The summed E-state index contributed by atoms with van der Waals surface area (Å²) >= 11 is 7.54. The van der Waals surface area contributed by atoms with Crippen LogP contribution in [0.2, 0.25) is 5.02 Å². The monoisotopic (exact) mass is 603 g/mol. The van der Waals surface area contributed by atoms with E-state index in [1.807, 2.05) is 37.3 Å². The molecule has 41 heavy (non-hydrogen) atoms. The summed E-state index contributed by atoms with van der Waals surface area (Å²) in [6.07, 6.45) is 2.13. The van der Waals surface area contributed by atoms with Gasteiger partial charge in [-0.2, -0.15) is 0 Å². The third-order valence-electron chi connectivity index (χ3n) is 6.85. The average Bonchev–Trinajstić information content (AvgIpc) is 3.63. The lowest BCUT2D eigenvalue weighted by molar-refractivity contribution is -0.132. The summed E-state index contributed by atoms with van der Waals surface area (Å²) < 4.78 is 30.2. The van der Waals surface area contributed by atoms with Crippen molar-refractivity contribution in [2.75, 3.05) is 45.8 Å². The molecule has 3 amide bonds. The van der Waals surface area contributed by atoms with Gasteiger partial charge in [-0.15, -0.1) is 11.3 Å². The van der Waals surface area contributed by atoms with E-state index in [0.29, 0.717) is 43.3 Å². The Labute approximate surface area is 248 Å². The molecule has 0 bridgehead atoms. The zero-order valence-corrected chi connectivity index (χ0v) is 25.0. The number of hydrogen-bond donors (Lipinski definition) is 1. The second kappa shape index (κ2) is 14.5. The number of rotatable bonds is 12. The van der Waals surface area contributed by atoms with Crippen LogP contribution in [0.25, 0.3) is 0 Å². The van der Waals surface area contributed by atoms with Crippen LogP contribution < -0.4 is 14.8 Å². The van der Waals surface area contributed by atoms with Crippen LogP contribution in [0.1, 0.15) is 28.2 Å². The predicted molar refractivity (Wildman–Crippen MR) is 159 cm³/mol. The van der Waals surface area contributed by atoms with E-state index >= 15 is 0 Å². The first-order valence-corrected chi connectivity index (χ1v) is 14.6. The number of carbonyl (C=O) groups excluding carboxylic acids is 2. The number of benzene rings is 2. The minimum atomic E-state index is -0.579. The molecular weight excluding hydrogens is 569 g/mol. The SMILES string of the molecule is COc1ccc(CCN(Cc2ccc(C)s2)C(=O)CN(CC2CCCO2)C(=O)Nc2ccc(F)c(Cl)c2)cc1OC. The van der Waals surface area contributed by atoms with Crippen molar-refractivity contribution in [1.82, 2.24) is 9.80 Å². The van der Waals surface area contributed by atoms with Crippen LogP contribution >= 0.6 is 22.9 Å². The molecule has 1 N–H and O–H groups in total. The summed E-state index contributed by atoms with van der Waals surface area (Å²) in [6, 6.07) is 13.2. The number of carbonyl (C=O) groups is 2. The van der Waals surface area contributed by atoms with E-state index in [2.05, 4.69) is 5.32 Å². The van der Waals surface area contributed by atoms with Gasteiger partial charge in [0.1, 0.15) is 12.4 Å². The van der Waals surface area contributed by atoms with E-state index in [4.69, 9.17) is 25.8 Å². The van der Waals surface area contributed by atoms with Gasteiger partial charge in [0.2, 0.25) is 5.91 Å². The van der Waals surface area contributed by atoms with Gasteiger partial charge in [0.15, 0.2) is 11.5 Å². The highest BCUT2D eigenvalue weighted by molar-refractivity contribution is 7.11. The van der Waals surface area contributed by atoms with Gasteiger partial charge in [0.05, 0.1) is 31.9 Å². The smallest absolute Gasteiger partial charge is 0.322 e. The fraction of sp³-hybridized carbons (Fsp3) is 0.400. The van der Waals surface area contributed by atoms with Gasteiger partial charge >= 0.3 is 6.03 Å². The summed E-state index contributed by atoms with van der Waals surface area (Å²) in [7, 11) is 3.17. The number of halogens is 2. The minimum Gasteiger partial charge on any atom is -0.493 e. The zero-order chi connectivity index (χ0) is 29.4. The Morgan fingerprint density at radius 1 is 1.10 bits per heavy atom. The molecule has 1 unspecified atom stereocenters. The van der Waals surface area contributed by atoms with Crippen molar-refractivity contribution in [2.24, 2.45) is 0 Å². The lowest BCUT2D eigenvalue weighted by Gasteiger charge is -2.29. The molecule has 0 radical (unpaired) electrons. The normalized spacial score (nSPS) is 14.5. The minimum absolute atomic E-state index is 0.0999. The fourth-order valence-electron chi connectivity index (χ4n) is 4.64. The highest BCUT2D eigenvalue weighted by Crippen LogP contribution is 2.28. The van der Waals surface area contributed by atoms with Gasteiger partial charge in [0.25, 0.3) is 0 Å². The molecule has 2 heterocycles. The molecule has 3 aromatic rings. The quantitative estimate of drug-likeness (QED) is 0.269. The zero-order valence-electron chi connectivity index (χ0n) is 23.5. The molecule has 1 saturated heterocycles. The first-order valence-electron chi connectivity index (χ1n) is 13.4. The van der Waals surface area contributed by atoms with Crippen molar-refractivity contribution >= 4 is 40.6 Å². The highest BCUT2D eigenvalue weighted by atomic mass is 35.5. The molecule has 1 fully saturated rings. The Balaban J connectivity index is 1.51. The van der Waals surface area contributed by atoms with Crippen LogP contribution in [-0.2, 0) is 22.5 Å². The summed E-state index contributed by atoms with van der Waals surface area (Å²) in [5, 5.41) is 2.65. The van der Waals surface area contributed by atoms with Gasteiger partial charge in [-0.1, -0.05) is 17.7 Å². The van der Waals surface area contributed by atoms with Crippen LogP contribution in [0.5, 0.6) is 11.5 Å². The number of nitrogens with one attached hydrogen (secondary N) is 1. The molecule has 0 saturated carbocycles. The third-order valence-corrected chi connectivity index (χ3v) is 8.12. The molecule has 4 rings (SSSR count). The van der Waals surface area contributed by atoms with Gasteiger partial charge in [-0.25, -0.2) is 9.18 Å². The Bertz CT molecular complexity index is 1350.